The van der Waals surface area contributed by atoms with Crippen molar-refractivity contribution in [2.75, 3.05) is 49.5 Å². The van der Waals surface area contributed by atoms with Crippen LogP contribution in [0.15, 0.2) is 48.8 Å². The van der Waals surface area contributed by atoms with Crippen molar-refractivity contribution < 1.29 is 9.72 Å². The number of hydrogen-bond donors (Lipinski definition) is 2. The van der Waals surface area contributed by atoms with Crippen LogP contribution in [0.2, 0.25) is 0 Å². The van der Waals surface area contributed by atoms with Crippen molar-refractivity contribution in [3.8, 4) is 0 Å². The predicted octanol–water partition coefficient (Wildman–Crippen LogP) is 2.66. The first-order valence-corrected chi connectivity index (χ1v) is 11.6. The van der Waals surface area contributed by atoms with Crippen LogP contribution in [-0.4, -0.2) is 71.0 Å². The van der Waals surface area contributed by atoms with Gasteiger partial charge in [-0.25, -0.2) is 9.97 Å². The molecule has 2 fully saturated rings. The van der Waals surface area contributed by atoms with Crippen LogP contribution in [-0.2, 0) is 0 Å². The highest BCUT2D eigenvalue weighted by Crippen LogP contribution is 2.35. The minimum Gasteiger partial charge on any atom is -0.367 e. The molecule has 0 saturated carbocycles. The summed E-state index contributed by atoms with van der Waals surface area (Å²) in [5, 5.41) is 19.3. The maximum atomic E-state index is 12.7. The highest BCUT2D eigenvalue weighted by molar-refractivity contribution is 5.95. The first kappa shape index (κ1) is 22.0. The highest BCUT2D eigenvalue weighted by atomic mass is 16.6. The van der Waals surface area contributed by atoms with E-state index in [0.29, 0.717) is 54.2 Å². The molecule has 1 amide bonds. The average molecular weight is 462 g/mol. The third kappa shape index (κ3) is 4.49. The summed E-state index contributed by atoms with van der Waals surface area (Å²) < 4.78 is 0. The number of amides is 1. The van der Waals surface area contributed by atoms with Crippen LogP contribution in [0, 0.1) is 10.1 Å². The molecule has 0 bridgehead atoms. The van der Waals surface area contributed by atoms with Crippen molar-refractivity contribution in [1.82, 2.24) is 20.2 Å². The molecule has 10 nitrogen and oxygen atoms in total. The smallest absolute Gasteiger partial charge is 0.293 e. The van der Waals surface area contributed by atoms with Crippen LogP contribution in [0.25, 0.3) is 10.9 Å². The summed E-state index contributed by atoms with van der Waals surface area (Å²) in [6.45, 7) is 4.28. The minimum atomic E-state index is -0.332. The Labute approximate surface area is 197 Å². The van der Waals surface area contributed by atoms with Crippen LogP contribution in [0.4, 0.5) is 17.2 Å². The van der Waals surface area contributed by atoms with Gasteiger partial charge in [0.25, 0.3) is 11.6 Å². The molecular weight excluding hydrogens is 434 g/mol. The monoisotopic (exact) mass is 461 g/mol. The maximum Gasteiger partial charge on any atom is 0.293 e. The molecule has 2 aromatic carbocycles. The molecule has 2 saturated heterocycles. The Morgan fingerprint density at radius 1 is 1.06 bits per heavy atom. The topological polar surface area (TPSA) is 117 Å². The number of anilines is 2. The number of piperazine rings is 1. The van der Waals surface area contributed by atoms with Gasteiger partial charge in [-0.15, -0.1) is 0 Å². The van der Waals surface area contributed by atoms with Crippen LogP contribution in [0.3, 0.4) is 0 Å². The fourth-order valence-electron chi connectivity index (χ4n) is 4.68. The van der Waals surface area contributed by atoms with Crippen molar-refractivity contribution in [3.05, 3.63) is 64.5 Å². The van der Waals surface area contributed by atoms with E-state index in [-0.39, 0.29) is 22.6 Å². The molecule has 176 valence electrons. The van der Waals surface area contributed by atoms with Crippen molar-refractivity contribution in [2.45, 2.75) is 18.9 Å². The minimum absolute atomic E-state index is 0.0441. The number of likely N-dealkylation sites (tertiary alicyclic amines) is 1. The number of nitrogens with zero attached hydrogens (tertiary/aromatic N) is 5. The highest BCUT2D eigenvalue weighted by Gasteiger charge is 2.26. The molecule has 2 N–H and O–H groups in total. The second kappa shape index (κ2) is 9.60. The molecule has 34 heavy (non-hydrogen) atoms. The quantitative estimate of drug-likeness (QED) is 0.440. The molecular formula is C24H27N7O3. The molecule has 2 aliphatic rings. The molecule has 1 aromatic heterocycles. The number of fused-ring (bicyclic) bond motifs is 1. The van der Waals surface area contributed by atoms with Gasteiger partial charge in [-0.2, -0.15) is 0 Å². The second-order valence-electron chi connectivity index (χ2n) is 8.65. The molecule has 3 aromatic rings. The molecule has 2 aliphatic heterocycles. The molecule has 10 heteroatoms. The zero-order valence-electron chi connectivity index (χ0n) is 18.8. The van der Waals surface area contributed by atoms with Crippen LogP contribution in [0.5, 0.6) is 0 Å². The predicted molar refractivity (Wildman–Crippen MR) is 130 cm³/mol. The third-order valence-electron chi connectivity index (χ3n) is 6.53. The SMILES string of the molecule is O=C(c1ccccc1)N1CCC(Nc2ncnc3cc(N4CCNCC4)c([N+](=O)[O-])cc23)CC1. The lowest BCUT2D eigenvalue weighted by molar-refractivity contribution is -0.384. The van der Waals surface area contributed by atoms with Gasteiger partial charge >= 0.3 is 0 Å². The van der Waals surface area contributed by atoms with Crippen LogP contribution in [0.1, 0.15) is 23.2 Å². The fourth-order valence-corrected chi connectivity index (χ4v) is 4.68. The molecule has 5 rings (SSSR count). The molecule has 0 unspecified atom stereocenters. The van der Waals surface area contributed by atoms with E-state index in [4.69, 9.17) is 0 Å². The van der Waals surface area contributed by atoms with Gasteiger partial charge in [0.2, 0.25) is 0 Å². The van der Waals surface area contributed by atoms with Gasteiger partial charge < -0.3 is 20.4 Å². The molecule has 0 radical (unpaired) electrons. The Hall–Kier alpha value is -3.79. The van der Waals surface area contributed by atoms with Gasteiger partial charge in [0, 0.05) is 62.3 Å². The molecule has 0 spiro atoms. The summed E-state index contributed by atoms with van der Waals surface area (Å²) in [5.41, 5.74) is 2.03. The summed E-state index contributed by atoms with van der Waals surface area (Å²) >= 11 is 0. The fraction of sp³-hybridized carbons (Fsp3) is 0.375. The van der Waals surface area contributed by atoms with E-state index in [1.54, 1.807) is 12.1 Å². The Bertz CT molecular complexity index is 1190. The lowest BCUT2D eigenvalue weighted by Crippen LogP contribution is -2.43. The Morgan fingerprint density at radius 3 is 2.50 bits per heavy atom. The lowest BCUT2D eigenvalue weighted by Gasteiger charge is -2.33. The number of carbonyl (C=O) groups is 1. The lowest BCUT2D eigenvalue weighted by atomic mass is 10.0. The summed E-state index contributed by atoms with van der Waals surface area (Å²) in [6.07, 6.45) is 3.03. The van der Waals surface area contributed by atoms with Crippen LogP contribution >= 0.6 is 0 Å². The van der Waals surface area contributed by atoms with Gasteiger partial charge in [-0.3, -0.25) is 14.9 Å². The van der Waals surface area contributed by atoms with E-state index in [2.05, 4.69) is 20.6 Å². The van der Waals surface area contributed by atoms with Gasteiger partial charge in [0.1, 0.15) is 17.8 Å². The Morgan fingerprint density at radius 2 is 1.79 bits per heavy atom. The summed E-state index contributed by atoms with van der Waals surface area (Å²) in [5.74, 6) is 0.635. The first-order chi connectivity index (χ1) is 16.6. The standard InChI is InChI=1S/C24H27N7O3/c32-24(17-4-2-1-3-5-17)30-10-6-18(7-11-30)28-23-19-14-22(31(33)34)21(15-20(19)26-16-27-23)29-12-8-25-9-13-29/h1-5,14-16,18,25H,6-13H2,(H,26,27,28). The molecule has 0 atom stereocenters. The number of benzene rings is 2. The van der Waals surface area contributed by atoms with Crippen molar-refractivity contribution in [3.63, 3.8) is 0 Å². The summed E-state index contributed by atoms with van der Waals surface area (Å²) in [6, 6.07) is 12.8. The Balaban J connectivity index is 1.34. The van der Waals surface area contributed by atoms with Crippen molar-refractivity contribution in [1.29, 1.82) is 0 Å². The molecule has 3 heterocycles. The van der Waals surface area contributed by atoms with Crippen molar-refractivity contribution >= 4 is 34.0 Å². The number of rotatable bonds is 5. The maximum absolute atomic E-state index is 12.7. The van der Waals surface area contributed by atoms with E-state index < -0.39 is 0 Å². The third-order valence-corrected chi connectivity index (χ3v) is 6.53. The number of nitro groups is 1. The van der Waals surface area contributed by atoms with E-state index in [1.165, 1.54) is 6.33 Å². The Kier molecular flexibility index (Phi) is 6.22. The largest absolute Gasteiger partial charge is 0.367 e. The number of aromatic nitrogens is 2. The van der Waals surface area contributed by atoms with E-state index in [0.717, 1.165) is 25.9 Å². The number of carbonyl (C=O) groups excluding carboxylic acids is 1. The number of nitrogens with one attached hydrogen (secondary N) is 2. The van der Waals surface area contributed by atoms with Crippen LogP contribution < -0.4 is 15.5 Å². The summed E-state index contributed by atoms with van der Waals surface area (Å²) in [7, 11) is 0. The van der Waals surface area contributed by atoms with Gasteiger partial charge in [0.05, 0.1) is 10.4 Å². The van der Waals surface area contributed by atoms with E-state index in [9.17, 15) is 14.9 Å². The number of piperidine rings is 1. The average Bonchev–Trinajstić information content (AvgIpc) is 2.89. The normalized spacial score (nSPS) is 17.1. The van der Waals surface area contributed by atoms with Gasteiger partial charge in [-0.05, 0) is 31.0 Å². The second-order valence-corrected chi connectivity index (χ2v) is 8.65. The zero-order chi connectivity index (χ0) is 23.5. The van der Waals surface area contributed by atoms with Gasteiger partial charge in [-0.1, -0.05) is 18.2 Å². The van der Waals surface area contributed by atoms with E-state index >= 15 is 0 Å². The van der Waals surface area contributed by atoms with Gasteiger partial charge in [0.15, 0.2) is 0 Å². The molecule has 0 aliphatic carbocycles. The summed E-state index contributed by atoms with van der Waals surface area (Å²) in [4.78, 5) is 37.0. The first-order valence-electron chi connectivity index (χ1n) is 11.6. The zero-order valence-corrected chi connectivity index (χ0v) is 18.8. The van der Waals surface area contributed by atoms with Crippen molar-refractivity contribution in [2.24, 2.45) is 0 Å². The van der Waals surface area contributed by atoms with E-state index in [1.807, 2.05) is 40.1 Å². The number of hydrogen-bond acceptors (Lipinski definition) is 8. The number of nitro benzene ring substituents is 1.